The number of rotatable bonds is 4. The lowest BCUT2D eigenvalue weighted by molar-refractivity contribution is 0.550. The fraction of sp³-hybridized carbons (Fsp3) is 0.667. The van der Waals surface area contributed by atoms with E-state index >= 15 is 0 Å². The van der Waals surface area contributed by atoms with Gasteiger partial charge in [0.05, 0.1) is 0 Å². The van der Waals surface area contributed by atoms with Crippen molar-refractivity contribution in [1.82, 2.24) is 0 Å². The van der Waals surface area contributed by atoms with Gasteiger partial charge in [-0.1, -0.05) is 0 Å². The first-order valence-electron chi connectivity index (χ1n) is 5.32. The van der Waals surface area contributed by atoms with Crippen molar-refractivity contribution in [2.75, 3.05) is 0 Å². The monoisotopic (exact) mass is 238 g/mol. The Morgan fingerprint density at radius 1 is 0.800 bits per heavy atom. The molecule has 0 saturated heterocycles. The van der Waals surface area contributed by atoms with Gasteiger partial charge >= 0.3 is 0 Å². The molecule has 1 nitrogen and oxygen atoms in total. The Labute approximate surface area is 96.9 Å². The summed E-state index contributed by atoms with van der Waals surface area (Å²) in [5, 5.41) is 0. The van der Waals surface area contributed by atoms with E-state index in [0.717, 1.165) is 12.1 Å². The highest BCUT2D eigenvalue weighted by molar-refractivity contribution is 6.85. The SMILES string of the molecule is CC#CC[Si](C)(C)O[Si](C)(C)CC#CC. The van der Waals surface area contributed by atoms with E-state index in [4.69, 9.17) is 4.12 Å². The third kappa shape index (κ3) is 7.44. The summed E-state index contributed by atoms with van der Waals surface area (Å²) >= 11 is 0. The Bertz CT molecular complexity index is 278. The van der Waals surface area contributed by atoms with Crippen LogP contribution in [0.3, 0.4) is 0 Å². The zero-order chi connectivity index (χ0) is 11.9. The molecule has 3 heteroatoms. The van der Waals surface area contributed by atoms with Gasteiger partial charge in [0, 0.05) is 12.1 Å². The Morgan fingerprint density at radius 2 is 1.13 bits per heavy atom. The van der Waals surface area contributed by atoms with Crippen LogP contribution in [0.15, 0.2) is 0 Å². The van der Waals surface area contributed by atoms with E-state index in [0.29, 0.717) is 0 Å². The molecule has 0 atom stereocenters. The normalized spacial score (nSPS) is 11.1. The first-order valence-corrected chi connectivity index (χ1v) is 11.6. The molecule has 0 aliphatic carbocycles. The van der Waals surface area contributed by atoms with Gasteiger partial charge in [-0.25, -0.2) is 0 Å². The van der Waals surface area contributed by atoms with Crippen molar-refractivity contribution in [3.05, 3.63) is 0 Å². The van der Waals surface area contributed by atoms with Crippen LogP contribution in [0, 0.1) is 23.7 Å². The predicted molar refractivity (Wildman–Crippen MR) is 72.6 cm³/mol. The third-order valence-electron chi connectivity index (χ3n) is 1.93. The van der Waals surface area contributed by atoms with Crippen molar-refractivity contribution in [3.63, 3.8) is 0 Å². The van der Waals surface area contributed by atoms with Crippen LogP contribution >= 0.6 is 0 Å². The van der Waals surface area contributed by atoms with Gasteiger partial charge in [0.25, 0.3) is 0 Å². The van der Waals surface area contributed by atoms with Gasteiger partial charge < -0.3 is 4.12 Å². The molecule has 0 heterocycles. The van der Waals surface area contributed by atoms with E-state index in [2.05, 4.69) is 49.9 Å². The summed E-state index contributed by atoms with van der Waals surface area (Å²) in [4.78, 5) is 0. The van der Waals surface area contributed by atoms with Gasteiger partial charge in [-0.15, -0.1) is 23.7 Å². The van der Waals surface area contributed by atoms with E-state index in [-0.39, 0.29) is 0 Å². The average molecular weight is 238 g/mol. The average Bonchev–Trinajstić information content (AvgIpc) is 2.10. The smallest absolute Gasteiger partial charge is 0.185 e. The van der Waals surface area contributed by atoms with Crippen LogP contribution in [0.2, 0.25) is 38.3 Å². The largest absolute Gasteiger partial charge is 0.454 e. The summed E-state index contributed by atoms with van der Waals surface area (Å²) in [5.74, 6) is 12.2. The molecule has 0 rings (SSSR count). The minimum Gasteiger partial charge on any atom is -0.454 e. The van der Waals surface area contributed by atoms with Crippen LogP contribution in [0.4, 0.5) is 0 Å². The molecule has 0 aliphatic rings. The van der Waals surface area contributed by atoms with Crippen molar-refractivity contribution in [3.8, 4) is 23.7 Å². The van der Waals surface area contributed by atoms with Crippen LogP contribution in [-0.2, 0) is 4.12 Å². The summed E-state index contributed by atoms with van der Waals surface area (Å²) in [7, 11) is -3.18. The van der Waals surface area contributed by atoms with E-state index in [1.165, 1.54) is 0 Å². The van der Waals surface area contributed by atoms with Crippen LogP contribution < -0.4 is 0 Å². The highest BCUT2D eigenvalue weighted by Crippen LogP contribution is 2.20. The highest BCUT2D eigenvalue weighted by atomic mass is 28.4. The van der Waals surface area contributed by atoms with Crippen LogP contribution in [-0.4, -0.2) is 16.6 Å². The quantitative estimate of drug-likeness (QED) is 0.538. The van der Waals surface area contributed by atoms with Crippen molar-refractivity contribution in [2.24, 2.45) is 0 Å². The molecule has 0 bridgehead atoms. The Morgan fingerprint density at radius 3 is 1.40 bits per heavy atom. The molecule has 0 radical (unpaired) electrons. The van der Waals surface area contributed by atoms with Gasteiger partial charge in [0.1, 0.15) is 0 Å². The molecule has 0 aliphatic heterocycles. The Kier molecular flexibility index (Phi) is 5.97. The van der Waals surface area contributed by atoms with Gasteiger partial charge in [0.2, 0.25) is 0 Å². The van der Waals surface area contributed by atoms with Gasteiger partial charge in [-0.3, -0.25) is 0 Å². The van der Waals surface area contributed by atoms with Crippen molar-refractivity contribution in [1.29, 1.82) is 0 Å². The second-order valence-electron chi connectivity index (χ2n) is 4.83. The second kappa shape index (κ2) is 6.17. The standard InChI is InChI=1S/C12H22OSi2/c1-7-9-11-14(3,4)13-15(5,6)12-10-8-2/h11-12H2,1-6H3. The number of hydrogen-bond donors (Lipinski definition) is 0. The lowest BCUT2D eigenvalue weighted by Crippen LogP contribution is -2.43. The zero-order valence-corrected chi connectivity index (χ0v) is 12.8. The molecule has 15 heavy (non-hydrogen) atoms. The minimum absolute atomic E-state index is 0.930. The van der Waals surface area contributed by atoms with Crippen molar-refractivity contribution >= 4 is 16.6 Å². The van der Waals surface area contributed by atoms with Gasteiger partial charge in [0.15, 0.2) is 16.6 Å². The fourth-order valence-corrected chi connectivity index (χ4v) is 9.19. The maximum Gasteiger partial charge on any atom is 0.185 e. The molecule has 0 saturated carbocycles. The first kappa shape index (κ1) is 14.5. The van der Waals surface area contributed by atoms with Crippen LogP contribution in [0.1, 0.15) is 13.8 Å². The summed E-state index contributed by atoms with van der Waals surface area (Å²) in [6.45, 7) is 12.7. The van der Waals surface area contributed by atoms with Crippen molar-refractivity contribution < 1.29 is 4.12 Å². The van der Waals surface area contributed by atoms with Crippen LogP contribution in [0.5, 0.6) is 0 Å². The Hall–Kier alpha value is -0.486. The van der Waals surface area contributed by atoms with Gasteiger partial charge in [-0.2, -0.15) is 0 Å². The molecule has 0 N–H and O–H groups in total. The van der Waals surface area contributed by atoms with E-state index in [1.807, 2.05) is 13.8 Å². The molecular formula is C12H22OSi2. The molecule has 0 spiro atoms. The lowest BCUT2D eigenvalue weighted by atomic mass is 10.7. The summed E-state index contributed by atoms with van der Waals surface area (Å²) in [5.41, 5.74) is 0. The molecule has 0 fully saturated rings. The van der Waals surface area contributed by atoms with Crippen molar-refractivity contribution in [2.45, 2.75) is 52.1 Å². The lowest BCUT2D eigenvalue weighted by Gasteiger charge is -2.31. The summed E-state index contributed by atoms with van der Waals surface area (Å²) < 4.78 is 6.30. The molecule has 0 aromatic carbocycles. The van der Waals surface area contributed by atoms with Gasteiger partial charge in [-0.05, 0) is 40.0 Å². The third-order valence-corrected chi connectivity index (χ3v) is 8.41. The maximum absolute atomic E-state index is 6.30. The highest BCUT2D eigenvalue weighted by Gasteiger charge is 2.31. The number of hydrogen-bond acceptors (Lipinski definition) is 1. The molecule has 84 valence electrons. The molecular weight excluding hydrogens is 216 g/mol. The molecule has 0 amide bonds. The van der Waals surface area contributed by atoms with Crippen LogP contribution in [0.25, 0.3) is 0 Å². The summed E-state index contributed by atoms with van der Waals surface area (Å²) in [6.07, 6.45) is 0. The fourth-order valence-electron chi connectivity index (χ4n) is 1.42. The van der Waals surface area contributed by atoms with E-state index < -0.39 is 16.6 Å². The second-order valence-corrected chi connectivity index (χ2v) is 13.4. The minimum atomic E-state index is -1.59. The topological polar surface area (TPSA) is 9.23 Å². The molecule has 0 aromatic rings. The Balaban J connectivity index is 4.37. The maximum atomic E-state index is 6.30. The predicted octanol–water partition coefficient (Wildman–Crippen LogP) is 3.46. The molecule has 0 unspecified atom stereocenters. The first-order chi connectivity index (χ1) is 6.83. The summed E-state index contributed by atoms with van der Waals surface area (Å²) in [6, 6.07) is 1.86. The van der Waals surface area contributed by atoms with E-state index in [1.54, 1.807) is 0 Å². The van der Waals surface area contributed by atoms with E-state index in [9.17, 15) is 0 Å². The zero-order valence-electron chi connectivity index (χ0n) is 10.8. The molecule has 0 aromatic heterocycles.